The Bertz CT molecular complexity index is 941. The van der Waals surface area contributed by atoms with Crippen molar-refractivity contribution in [2.45, 2.75) is 11.8 Å². The number of hydrogen-bond acceptors (Lipinski definition) is 7. The minimum Gasteiger partial charge on any atom is -0.300 e. The maximum Gasteiger partial charge on any atom is 0.270 e. The molecule has 0 aliphatic carbocycles. The molecule has 2 aromatic carbocycles. The summed E-state index contributed by atoms with van der Waals surface area (Å²) < 4.78 is 0. The summed E-state index contributed by atoms with van der Waals surface area (Å²) in [5.41, 5.74) is 1.74. The average Bonchev–Trinajstić information content (AvgIpc) is 3.10. The molecule has 9 heteroatoms. The standard InChI is InChI=1S/C17H14N4O3S2/c1-11-5-7-14(8-6-11)25-10-15(22)18-17-20-19-16(26-17)12-3-2-4-13(9-12)21(23)24/h2-9H,10H2,1H3,(H,18,20,22). The Hall–Kier alpha value is -2.78. The molecular formula is C17H14N4O3S2. The number of rotatable bonds is 6. The van der Waals surface area contributed by atoms with Crippen LogP contribution in [0.5, 0.6) is 0 Å². The van der Waals surface area contributed by atoms with Gasteiger partial charge in [-0.05, 0) is 19.1 Å². The predicted molar refractivity (Wildman–Crippen MR) is 103 cm³/mol. The number of aryl methyl sites for hydroxylation is 1. The van der Waals surface area contributed by atoms with Crippen LogP contribution in [0.25, 0.3) is 10.6 Å². The molecule has 0 atom stereocenters. The predicted octanol–water partition coefficient (Wildman–Crippen LogP) is 4.15. The van der Waals surface area contributed by atoms with E-state index in [4.69, 9.17) is 0 Å². The third kappa shape index (κ3) is 4.64. The molecule has 1 heterocycles. The van der Waals surface area contributed by atoms with E-state index in [0.717, 1.165) is 4.90 Å². The quantitative estimate of drug-likeness (QED) is 0.388. The van der Waals surface area contributed by atoms with Gasteiger partial charge in [-0.3, -0.25) is 20.2 Å². The lowest BCUT2D eigenvalue weighted by Crippen LogP contribution is -2.13. The number of nitrogens with zero attached hydrogens (tertiary/aromatic N) is 3. The van der Waals surface area contributed by atoms with Gasteiger partial charge in [-0.2, -0.15) is 0 Å². The zero-order chi connectivity index (χ0) is 18.5. The summed E-state index contributed by atoms with van der Waals surface area (Å²) in [4.78, 5) is 23.5. The van der Waals surface area contributed by atoms with Crippen LogP contribution in [0, 0.1) is 17.0 Å². The first kappa shape index (κ1) is 18.0. The Morgan fingerprint density at radius 1 is 1.23 bits per heavy atom. The second-order valence-corrected chi connectivity index (χ2v) is 7.40. The molecule has 1 amide bonds. The van der Waals surface area contributed by atoms with Crippen molar-refractivity contribution in [1.82, 2.24) is 10.2 Å². The molecule has 26 heavy (non-hydrogen) atoms. The fraction of sp³-hybridized carbons (Fsp3) is 0.118. The van der Waals surface area contributed by atoms with Crippen molar-refractivity contribution >= 4 is 39.8 Å². The second-order valence-electron chi connectivity index (χ2n) is 5.37. The van der Waals surface area contributed by atoms with E-state index in [0.29, 0.717) is 15.7 Å². The smallest absolute Gasteiger partial charge is 0.270 e. The number of anilines is 1. The van der Waals surface area contributed by atoms with E-state index in [-0.39, 0.29) is 17.3 Å². The van der Waals surface area contributed by atoms with E-state index in [1.165, 1.54) is 40.8 Å². The molecule has 0 saturated carbocycles. The number of nitrogens with one attached hydrogen (secondary N) is 1. The fourth-order valence-corrected chi connectivity index (χ4v) is 3.54. The molecule has 0 unspecified atom stereocenters. The first-order valence-corrected chi connectivity index (χ1v) is 9.39. The van der Waals surface area contributed by atoms with Crippen molar-refractivity contribution in [3.63, 3.8) is 0 Å². The van der Waals surface area contributed by atoms with Gasteiger partial charge in [-0.15, -0.1) is 22.0 Å². The lowest BCUT2D eigenvalue weighted by atomic mass is 10.2. The molecule has 0 spiro atoms. The largest absolute Gasteiger partial charge is 0.300 e. The third-order valence-corrected chi connectivity index (χ3v) is 5.27. The maximum atomic E-state index is 12.1. The van der Waals surface area contributed by atoms with Gasteiger partial charge in [-0.1, -0.05) is 41.2 Å². The van der Waals surface area contributed by atoms with Gasteiger partial charge in [0, 0.05) is 22.6 Å². The highest BCUT2D eigenvalue weighted by Crippen LogP contribution is 2.29. The van der Waals surface area contributed by atoms with E-state index >= 15 is 0 Å². The highest BCUT2D eigenvalue weighted by Gasteiger charge is 2.13. The summed E-state index contributed by atoms with van der Waals surface area (Å²) in [6.07, 6.45) is 0. The number of hydrogen-bond donors (Lipinski definition) is 1. The molecule has 0 aliphatic heterocycles. The number of nitro benzene ring substituents is 1. The molecule has 3 aromatic rings. The highest BCUT2D eigenvalue weighted by atomic mass is 32.2. The van der Waals surface area contributed by atoms with Gasteiger partial charge >= 0.3 is 0 Å². The van der Waals surface area contributed by atoms with Crippen LogP contribution in [0.3, 0.4) is 0 Å². The minimum atomic E-state index is -0.463. The Balaban J connectivity index is 1.61. The van der Waals surface area contributed by atoms with Crippen LogP contribution in [-0.4, -0.2) is 26.8 Å². The monoisotopic (exact) mass is 386 g/mol. The van der Waals surface area contributed by atoms with Crippen LogP contribution in [0.2, 0.25) is 0 Å². The van der Waals surface area contributed by atoms with Crippen molar-refractivity contribution in [3.8, 4) is 10.6 Å². The van der Waals surface area contributed by atoms with Gasteiger partial charge in [0.25, 0.3) is 5.69 Å². The maximum absolute atomic E-state index is 12.1. The van der Waals surface area contributed by atoms with Crippen molar-refractivity contribution in [2.75, 3.05) is 11.1 Å². The number of aromatic nitrogens is 2. The lowest BCUT2D eigenvalue weighted by molar-refractivity contribution is -0.384. The third-order valence-electron chi connectivity index (χ3n) is 3.37. The van der Waals surface area contributed by atoms with Crippen LogP contribution in [-0.2, 0) is 4.79 Å². The molecule has 0 radical (unpaired) electrons. The van der Waals surface area contributed by atoms with Crippen LogP contribution in [0.15, 0.2) is 53.4 Å². The second kappa shape index (κ2) is 8.07. The van der Waals surface area contributed by atoms with Gasteiger partial charge in [0.1, 0.15) is 5.01 Å². The first-order chi connectivity index (χ1) is 12.5. The molecule has 1 N–H and O–H groups in total. The van der Waals surface area contributed by atoms with E-state index in [2.05, 4.69) is 15.5 Å². The lowest BCUT2D eigenvalue weighted by Gasteiger charge is -2.02. The van der Waals surface area contributed by atoms with Crippen LogP contribution in [0.4, 0.5) is 10.8 Å². The number of nitro groups is 1. The van der Waals surface area contributed by atoms with Gasteiger partial charge in [0.05, 0.1) is 10.7 Å². The summed E-state index contributed by atoms with van der Waals surface area (Å²) in [6, 6.07) is 14.1. The first-order valence-electron chi connectivity index (χ1n) is 7.59. The topological polar surface area (TPSA) is 98.0 Å². The zero-order valence-electron chi connectivity index (χ0n) is 13.7. The van der Waals surface area contributed by atoms with Crippen molar-refractivity contribution in [2.24, 2.45) is 0 Å². The molecule has 0 fully saturated rings. The van der Waals surface area contributed by atoms with Gasteiger partial charge in [0.15, 0.2) is 0 Å². The molecule has 132 valence electrons. The van der Waals surface area contributed by atoms with Crippen LogP contribution >= 0.6 is 23.1 Å². The highest BCUT2D eigenvalue weighted by molar-refractivity contribution is 8.00. The van der Waals surface area contributed by atoms with E-state index < -0.39 is 4.92 Å². The summed E-state index contributed by atoms with van der Waals surface area (Å²) in [5.74, 6) is 0.0757. The Labute approximate surface area is 157 Å². The van der Waals surface area contributed by atoms with E-state index in [9.17, 15) is 14.9 Å². The van der Waals surface area contributed by atoms with Crippen LogP contribution < -0.4 is 5.32 Å². The molecule has 0 bridgehead atoms. The number of amides is 1. The van der Waals surface area contributed by atoms with Gasteiger partial charge < -0.3 is 0 Å². The van der Waals surface area contributed by atoms with Crippen molar-refractivity contribution in [1.29, 1.82) is 0 Å². The average molecular weight is 386 g/mol. The van der Waals surface area contributed by atoms with Gasteiger partial charge in [0.2, 0.25) is 11.0 Å². The number of non-ortho nitro benzene ring substituents is 1. The van der Waals surface area contributed by atoms with Gasteiger partial charge in [-0.25, -0.2) is 0 Å². The summed E-state index contributed by atoms with van der Waals surface area (Å²) >= 11 is 2.61. The number of carbonyl (C=O) groups is 1. The zero-order valence-corrected chi connectivity index (χ0v) is 15.3. The van der Waals surface area contributed by atoms with E-state index in [1.54, 1.807) is 12.1 Å². The fourth-order valence-electron chi connectivity index (χ4n) is 2.08. The minimum absolute atomic E-state index is 0.0159. The summed E-state index contributed by atoms with van der Waals surface area (Å²) in [6.45, 7) is 2.01. The number of carbonyl (C=O) groups excluding carboxylic acids is 1. The summed E-state index contributed by atoms with van der Waals surface area (Å²) in [7, 11) is 0. The molecule has 0 saturated heterocycles. The Morgan fingerprint density at radius 2 is 2.00 bits per heavy atom. The molecular weight excluding hydrogens is 372 g/mol. The molecule has 1 aromatic heterocycles. The normalized spacial score (nSPS) is 10.5. The summed E-state index contributed by atoms with van der Waals surface area (Å²) in [5, 5.41) is 22.4. The molecule has 0 aliphatic rings. The molecule has 3 rings (SSSR count). The Morgan fingerprint density at radius 3 is 2.73 bits per heavy atom. The Kier molecular flexibility index (Phi) is 5.59. The van der Waals surface area contributed by atoms with E-state index in [1.807, 2.05) is 31.2 Å². The van der Waals surface area contributed by atoms with Crippen LogP contribution in [0.1, 0.15) is 5.56 Å². The van der Waals surface area contributed by atoms with Crippen molar-refractivity contribution in [3.05, 3.63) is 64.2 Å². The van der Waals surface area contributed by atoms with Crippen molar-refractivity contribution < 1.29 is 9.72 Å². The number of benzene rings is 2. The molecule has 7 nitrogen and oxygen atoms in total. The number of thioether (sulfide) groups is 1. The SMILES string of the molecule is Cc1ccc(SCC(=O)Nc2nnc(-c3cccc([N+](=O)[O-])c3)s2)cc1.